The monoisotopic (exact) mass is 251 g/mol. The summed E-state index contributed by atoms with van der Waals surface area (Å²) in [5.74, 6) is 0.766. The fraction of sp³-hybridized carbons (Fsp3) is 0.333. The minimum atomic E-state index is 0.627. The second kappa shape index (κ2) is 5.92. The van der Waals surface area contributed by atoms with Crippen LogP contribution in [0.25, 0.3) is 0 Å². The lowest BCUT2D eigenvalue weighted by atomic mass is 9.94. The summed E-state index contributed by atoms with van der Waals surface area (Å²) in [5, 5.41) is 3.71. The molecule has 0 aliphatic heterocycles. The Labute approximate surface area is 115 Å². The van der Waals surface area contributed by atoms with Crippen LogP contribution in [0.15, 0.2) is 60.7 Å². The highest BCUT2D eigenvalue weighted by Gasteiger charge is 2.27. The Balaban J connectivity index is 1.65. The van der Waals surface area contributed by atoms with Crippen LogP contribution in [0.2, 0.25) is 0 Å². The first-order valence-corrected chi connectivity index (χ1v) is 7.27. The van der Waals surface area contributed by atoms with Crippen molar-refractivity contribution >= 4 is 5.69 Å². The van der Waals surface area contributed by atoms with Gasteiger partial charge in [0.25, 0.3) is 0 Å². The third-order valence-electron chi connectivity index (χ3n) is 4.13. The van der Waals surface area contributed by atoms with Gasteiger partial charge in [-0.15, -0.1) is 0 Å². The second-order valence-electron chi connectivity index (χ2n) is 5.50. The second-order valence-corrected chi connectivity index (χ2v) is 5.50. The number of rotatable bonds is 4. The largest absolute Gasteiger partial charge is 0.382 e. The van der Waals surface area contributed by atoms with E-state index in [2.05, 4.69) is 66.0 Å². The number of para-hydroxylation sites is 1. The van der Waals surface area contributed by atoms with Crippen molar-refractivity contribution in [1.82, 2.24) is 0 Å². The fourth-order valence-corrected chi connectivity index (χ4v) is 3.14. The van der Waals surface area contributed by atoms with Crippen molar-refractivity contribution in [3.63, 3.8) is 0 Å². The molecule has 0 aromatic heterocycles. The third kappa shape index (κ3) is 3.17. The molecule has 2 unspecified atom stereocenters. The Kier molecular flexibility index (Phi) is 3.83. The summed E-state index contributed by atoms with van der Waals surface area (Å²) >= 11 is 0. The van der Waals surface area contributed by atoms with Gasteiger partial charge in [0.1, 0.15) is 0 Å². The summed E-state index contributed by atoms with van der Waals surface area (Å²) in [6.07, 6.45) is 5.19. The Morgan fingerprint density at radius 1 is 0.842 bits per heavy atom. The molecular weight excluding hydrogens is 230 g/mol. The first-order chi connectivity index (χ1) is 9.42. The average molecular weight is 251 g/mol. The van der Waals surface area contributed by atoms with E-state index in [9.17, 15) is 0 Å². The molecule has 1 aliphatic carbocycles. The summed E-state index contributed by atoms with van der Waals surface area (Å²) in [6, 6.07) is 22.1. The molecule has 0 radical (unpaired) electrons. The highest BCUT2D eigenvalue weighted by Crippen LogP contribution is 2.31. The van der Waals surface area contributed by atoms with Gasteiger partial charge >= 0.3 is 0 Å². The highest BCUT2D eigenvalue weighted by molar-refractivity contribution is 5.43. The topological polar surface area (TPSA) is 12.0 Å². The quantitative estimate of drug-likeness (QED) is 0.843. The van der Waals surface area contributed by atoms with Gasteiger partial charge in [0.05, 0.1) is 0 Å². The molecule has 3 rings (SSSR count). The smallest absolute Gasteiger partial charge is 0.0342 e. The number of benzene rings is 2. The number of hydrogen-bond acceptors (Lipinski definition) is 1. The van der Waals surface area contributed by atoms with Crippen molar-refractivity contribution in [2.45, 2.75) is 31.7 Å². The molecule has 1 aliphatic rings. The Morgan fingerprint density at radius 3 is 2.26 bits per heavy atom. The van der Waals surface area contributed by atoms with Crippen molar-refractivity contribution in [2.24, 2.45) is 5.92 Å². The molecule has 19 heavy (non-hydrogen) atoms. The van der Waals surface area contributed by atoms with Gasteiger partial charge in [-0.2, -0.15) is 0 Å². The average Bonchev–Trinajstić information content (AvgIpc) is 2.88. The van der Waals surface area contributed by atoms with E-state index in [1.165, 1.54) is 36.9 Å². The molecule has 98 valence electrons. The van der Waals surface area contributed by atoms with E-state index in [4.69, 9.17) is 0 Å². The Hall–Kier alpha value is -1.76. The molecule has 1 N–H and O–H groups in total. The minimum absolute atomic E-state index is 0.627. The van der Waals surface area contributed by atoms with E-state index in [1.807, 2.05) is 0 Å². The summed E-state index contributed by atoms with van der Waals surface area (Å²) < 4.78 is 0. The summed E-state index contributed by atoms with van der Waals surface area (Å²) in [5.41, 5.74) is 2.72. The zero-order chi connectivity index (χ0) is 12.9. The van der Waals surface area contributed by atoms with Crippen molar-refractivity contribution in [2.75, 3.05) is 5.32 Å². The molecule has 0 heterocycles. The van der Waals surface area contributed by atoms with E-state index in [0.29, 0.717) is 6.04 Å². The molecule has 1 fully saturated rings. The predicted molar refractivity (Wildman–Crippen MR) is 81.3 cm³/mol. The third-order valence-corrected chi connectivity index (χ3v) is 4.13. The Bertz CT molecular complexity index is 444. The highest BCUT2D eigenvalue weighted by atomic mass is 14.9. The molecule has 1 saturated carbocycles. The van der Waals surface area contributed by atoms with E-state index in [1.54, 1.807) is 0 Å². The van der Waals surface area contributed by atoms with Crippen LogP contribution in [0.4, 0.5) is 5.69 Å². The summed E-state index contributed by atoms with van der Waals surface area (Å²) in [4.78, 5) is 0. The van der Waals surface area contributed by atoms with Gasteiger partial charge in [0, 0.05) is 11.7 Å². The van der Waals surface area contributed by atoms with E-state index in [0.717, 1.165) is 5.92 Å². The molecule has 0 amide bonds. The maximum absolute atomic E-state index is 3.71. The van der Waals surface area contributed by atoms with E-state index >= 15 is 0 Å². The Morgan fingerprint density at radius 2 is 1.53 bits per heavy atom. The van der Waals surface area contributed by atoms with Crippen molar-refractivity contribution < 1.29 is 0 Å². The summed E-state index contributed by atoms with van der Waals surface area (Å²) in [6.45, 7) is 0. The predicted octanol–water partition coefficient (Wildman–Crippen LogP) is 4.51. The van der Waals surface area contributed by atoms with Crippen LogP contribution in [0.3, 0.4) is 0 Å². The first kappa shape index (κ1) is 12.3. The van der Waals surface area contributed by atoms with Crippen molar-refractivity contribution in [3.8, 4) is 0 Å². The van der Waals surface area contributed by atoms with Crippen LogP contribution >= 0.6 is 0 Å². The molecule has 0 spiro atoms. The van der Waals surface area contributed by atoms with Crippen molar-refractivity contribution in [1.29, 1.82) is 0 Å². The minimum Gasteiger partial charge on any atom is -0.382 e. The summed E-state index contributed by atoms with van der Waals surface area (Å²) in [7, 11) is 0. The standard InChI is InChI=1S/C18H21N/c1-3-8-15(9-4-1)14-16-10-7-13-18(16)19-17-11-5-2-6-12-17/h1-6,8-9,11-12,16,18-19H,7,10,13-14H2. The fourth-order valence-electron chi connectivity index (χ4n) is 3.14. The molecular formula is C18H21N. The van der Waals surface area contributed by atoms with Crippen LogP contribution in [-0.2, 0) is 6.42 Å². The zero-order valence-electron chi connectivity index (χ0n) is 11.3. The van der Waals surface area contributed by atoms with Gasteiger partial charge in [-0.25, -0.2) is 0 Å². The number of nitrogens with one attached hydrogen (secondary N) is 1. The lowest BCUT2D eigenvalue weighted by molar-refractivity contribution is 0.502. The van der Waals surface area contributed by atoms with Crippen LogP contribution in [0.5, 0.6) is 0 Å². The molecule has 0 bridgehead atoms. The molecule has 2 atom stereocenters. The van der Waals surface area contributed by atoms with Gasteiger partial charge in [-0.3, -0.25) is 0 Å². The van der Waals surface area contributed by atoms with Crippen LogP contribution in [0.1, 0.15) is 24.8 Å². The number of anilines is 1. The van der Waals surface area contributed by atoms with E-state index < -0.39 is 0 Å². The van der Waals surface area contributed by atoms with Gasteiger partial charge in [0.2, 0.25) is 0 Å². The SMILES string of the molecule is c1ccc(CC2CCCC2Nc2ccccc2)cc1. The van der Waals surface area contributed by atoms with Crippen LogP contribution in [0, 0.1) is 5.92 Å². The van der Waals surface area contributed by atoms with Gasteiger partial charge in [-0.05, 0) is 42.9 Å². The van der Waals surface area contributed by atoms with E-state index in [-0.39, 0.29) is 0 Å². The maximum atomic E-state index is 3.71. The van der Waals surface area contributed by atoms with Crippen LogP contribution in [-0.4, -0.2) is 6.04 Å². The molecule has 1 nitrogen and oxygen atoms in total. The zero-order valence-corrected chi connectivity index (χ0v) is 11.3. The number of hydrogen-bond donors (Lipinski definition) is 1. The molecule has 0 saturated heterocycles. The lowest BCUT2D eigenvalue weighted by Crippen LogP contribution is -2.25. The molecule has 1 heteroatoms. The van der Waals surface area contributed by atoms with Crippen LogP contribution < -0.4 is 5.32 Å². The molecule has 2 aromatic carbocycles. The van der Waals surface area contributed by atoms with Crippen molar-refractivity contribution in [3.05, 3.63) is 66.2 Å². The normalized spacial score (nSPS) is 22.3. The van der Waals surface area contributed by atoms with Gasteiger partial charge < -0.3 is 5.32 Å². The molecule has 2 aromatic rings. The lowest BCUT2D eigenvalue weighted by Gasteiger charge is -2.22. The van der Waals surface area contributed by atoms with Gasteiger partial charge in [0.15, 0.2) is 0 Å². The van der Waals surface area contributed by atoms with Gasteiger partial charge in [-0.1, -0.05) is 55.0 Å². The maximum Gasteiger partial charge on any atom is 0.0342 e. The first-order valence-electron chi connectivity index (χ1n) is 7.27.